The van der Waals surface area contributed by atoms with Crippen LogP contribution in [0.2, 0.25) is 0 Å². The van der Waals surface area contributed by atoms with Crippen molar-refractivity contribution in [2.24, 2.45) is 5.92 Å². The Hall–Kier alpha value is -2.72. The van der Waals surface area contributed by atoms with Crippen LogP contribution in [0, 0.1) is 5.92 Å². The molecule has 1 atom stereocenters. The van der Waals surface area contributed by atoms with E-state index < -0.39 is 0 Å². The summed E-state index contributed by atoms with van der Waals surface area (Å²) in [5.74, 6) is 2.62. The lowest BCUT2D eigenvalue weighted by atomic mass is 9.87. The second kappa shape index (κ2) is 7.96. The standard InChI is InChI=1S/C25H29N3O/c1-29-24-10-3-2-9-21(24)23-16-27-25-22(23)14-20(15-26-25)19-8-6-7-18(13-19)17-28-11-4-5-12-28/h2-3,6-10,14,16,18,26-27H,4-5,11-13,15,17H2,1H3. The second-order valence-corrected chi connectivity index (χ2v) is 8.26. The molecule has 0 spiro atoms. The maximum atomic E-state index is 5.60. The van der Waals surface area contributed by atoms with Crippen molar-refractivity contribution in [3.05, 3.63) is 65.4 Å². The van der Waals surface area contributed by atoms with Crippen LogP contribution in [0.4, 0.5) is 5.82 Å². The molecule has 3 heterocycles. The Morgan fingerprint density at radius 1 is 1.10 bits per heavy atom. The number of hydrogen-bond acceptors (Lipinski definition) is 3. The predicted octanol–water partition coefficient (Wildman–Crippen LogP) is 5.10. The van der Waals surface area contributed by atoms with Crippen molar-refractivity contribution < 1.29 is 4.74 Å². The number of benzene rings is 1. The van der Waals surface area contributed by atoms with Gasteiger partial charge in [-0.1, -0.05) is 36.4 Å². The summed E-state index contributed by atoms with van der Waals surface area (Å²) in [6.07, 6.45) is 15.2. The van der Waals surface area contributed by atoms with E-state index >= 15 is 0 Å². The number of methoxy groups -OCH3 is 1. The summed E-state index contributed by atoms with van der Waals surface area (Å²) in [4.78, 5) is 6.03. The summed E-state index contributed by atoms with van der Waals surface area (Å²) >= 11 is 0. The lowest BCUT2D eigenvalue weighted by molar-refractivity contribution is 0.301. The first-order valence-electron chi connectivity index (χ1n) is 10.7. The summed E-state index contributed by atoms with van der Waals surface area (Å²) in [5, 5.41) is 3.59. The average molecular weight is 388 g/mol. The molecular formula is C25H29N3O. The molecule has 2 N–H and O–H groups in total. The molecular weight excluding hydrogens is 358 g/mol. The van der Waals surface area contributed by atoms with Gasteiger partial charge in [-0.05, 0) is 61.6 Å². The van der Waals surface area contributed by atoms with Gasteiger partial charge in [-0.3, -0.25) is 0 Å². The summed E-state index contributed by atoms with van der Waals surface area (Å²) < 4.78 is 5.60. The SMILES string of the molecule is COc1ccccc1-c1c[nH]c2c1C=C(C1=CC=CC(CN3CCCC3)C1)CN2. The van der Waals surface area contributed by atoms with Gasteiger partial charge in [0.1, 0.15) is 11.6 Å². The minimum Gasteiger partial charge on any atom is -0.496 e. The van der Waals surface area contributed by atoms with Gasteiger partial charge in [-0.2, -0.15) is 0 Å². The molecule has 1 unspecified atom stereocenters. The topological polar surface area (TPSA) is 40.3 Å². The first kappa shape index (κ1) is 18.3. The van der Waals surface area contributed by atoms with Gasteiger partial charge in [0.05, 0.1) is 7.11 Å². The maximum Gasteiger partial charge on any atom is 0.126 e. The van der Waals surface area contributed by atoms with E-state index in [1.54, 1.807) is 7.11 Å². The molecule has 5 rings (SSSR count). The number of fused-ring (bicyclic) bond motifs is 1. The Labute approximate surface area is 173 Å². The van der Waals surface area contributed by atoms with Crippen LogP contribution in [0.15, 0.2) is 59.8 Å². The van der Waals surface area contributed by atoms with Crippen molar-refractivity contribution in [2.45, 2.75) is 19.3 Å². The van der Waals surface area contributed by atoms with Crippen molar-refractivity contribution in [1.29, 1.82) is 0 Å². The summed E-state index contributed by atoms with van der Waals surface area (Å²) in [6.45, 7) is 4.59. The Bertz CT molecular complexity index is 976. The summed E-state index contributed by atoms with van der Waals surface area (Å²) in [6, 6.07) is 8.22. The number of H-pyrrole nitrogens is 1. The third-order valence-electron chi connectivity index (χ3n) is 6.36. The normalized spacial score (nSPS) is 21.3. The molecule has 1 aliphatic carbocycles. The zero-order valence-corrected chi connectivity index (χ0v) is 17.1. The highest BCUT2D eigenvalue weighted by atomic mass is 16.5. The number of anilines is 1. The molecule has 0 amide bonds. The van der Waals surface area contributed by atoms with E-state index in [9.17, 15) is 0 Å². The molecule has 3 aliphatic rings. The van der Waals surface area contributed by atoms with Crippen molar-refractivity contribution in [1.82, 2.24) is 9.88 Å². The number of aromatic nitrogens is 1. The monoisotopic (exact) mass is 387 g/mol. The Morgan fingerprint density at radius 2 is 1.97 bits per heavy atom. The lowest BCUT2D eigenvalue weighted by Gasteiger charge is -2.26. The number of allylic oxidation sites excluding steroid dienone is 2. The van der Waals surface area contributed by atoms with Gasteiger partial charge in [0, 0.05) is 36.0 Å². The molecule has 4 nitrogen and oxygen atoms in total. The highest BCUT2D eigenvalue weighted by Crippen LogP contribution is 2.39. The first-order valence-corrected chi connectivity index (χ1v) is 10.7. The lowest BCUT2D eigenvalue weighted by Crippen LogP contribution is -2.27. The van der Waals surface area contributed by atoms with Crippen LogP contribution in [0.5, 0.6) is 5.75 Å². The molecule has 1 saturated heterocycles. The highest BCUT2D eigenvalue weighted by molar-refractivity contribution is 5.87. The van der Waals surface area contributed by atoms with Crippen LogP contribution in [0.1, 0.15) is 24.8 Å². The number of nitrogens with one attached hydrogen (secondary N) is 2. The van der Waals surface area contributed by atoms with E-state index in [0.29, 0.717) is 5.92 Å². The van der Waals surface area contributed by atoms with E-state index in [-0.39, 0.29) is 0 Å². The number of rotatable bonds is 5. The number of hydrogen-bond donors (Lipinski definition) is 2. The minimum atomic E-state index is 0.621. The summed E-state index contributed by atoms with van der Waals surface area (Å²) in [7, 11) is 1.73. The van der Waals surface area contributed by atoms with Gasteiger partial charge >= 0.3 is 0 Å². The van der Waals surface area contributed by atoms with Gasteiger partial charge in [-0.15, -0.1) is 0 Å². The van der Waals surface area contributed by atoms with Crippen molar-refractivity contribution in [3.63, 3.8) is 0 Å². The number of likely N-dealkylation sites (tertiary alicyclic amines) is 1. The molecule has 1 aromatic carbocycles. The number of ether oxygens (including phenoxy) is 1. The number of aromatic amines is 1. The number of para-hydroxylation sites is 1. The molecule has 2 aliphatic heterocycles. The van der Waals surface area contributed by atoms with E-state index in [0.717, 1.165) is 30.1 Å². The fourth-order valence-corrected chi connectivity index (χ4v) is 4.84. The molecule has 1 aromatic heterocycles. The predicted molar refractivity (Wildman–Crippen MR) is 120 cm³/mol. The van der Waals surface area contributed by atoms with Gasteiger partial charge < -0.3 is 19.9 Å². The Balaban J connectivity index is 1.41. The smallest absolute Gasteiger partial charge is 0.126 e. The largest absolute Gasteiger partial charge is 0.496 e. The van der Waals surface area contributed by atoms with Gasteiger partial charge in [0.15, 0.2) is 0 Å². The quantitative estimate of drug-likeness (QED) is 0.750. The fourth-order valence-electron chi connectivity index (χ4n) is 4.84. The van der Waals surface area contributed by atoms with Gasteiger partial charge in [0.25, 0.3) is 0 Å². The summed E-state index contributed by atoms with van der Waals surface area (Å²) in [5.41, 5.74) is 6.38. The fraction of sp³-hybridized carbons (Fsp3) is 0.360. The maximum absolute atomic E-state index is 5.60. The zero-order chi connectivity index (χ0) is 19.6. The van der Waals surface area contributed by atoms with Crippen molar-refractivity contribution in [2.75, 3.05) is 38.6 Å². The molecule has 4 heteroatoms. The molecule has 29 heavy (non-hydrogen) atoms. The van der Waals surface area contributed by atoms with Crippen LogP contribution >= 0.6 is 0 Å². The van der Waals surface area contributed by atoms with Gasteiger partial charge in [-0.25, -0.2) is 0 Å². The Kier molecular flexibility index (Phi) is 5.03. The highest BCUT2D eigenvalue weighted by Gasteiger charge is 2.23. The molecule has 0 bridgehead atoms. The molecule has 2 aromatic rings. The molecule has 0 saturated carbocycles. The second-order valence-electron chi connectivity index (χ2n) is 8.26. The number of nitrogens with zero attached hydrogens (tertiary/aromatic N) is 1. The third-order valence-corrected chi connectivity index (χ3v) is 6.36. The average Bonchev–Trinajstić information content (AvgIpc) is 3.43. The minimum absolute atomic E-state index is 0.621. The molecule has 1 fully saturated rings. The van der Waals surface area contributed by atoms with Crippen LogP contribution in [-0.2, 0) is 0 Å². The van der Waals surface area contributed by atoms with E-state index in [2.05, 4.69) is 57.8 Å². The van der Waals surface area contributed by atoms with E-state index in [1.807, 2.05) is 12.1 Å². The molecule has 150 valence electrons. The third kappa shape index (κ3) is 3.65. The first-order chi connectivity index (χ1) is 14.3. The molecule has 0 radical (unpaired) electrons. The van der Waals surface area contributed by atoms with Crippen molar-refractivity contribution in [3.8, 4) is 16.9 Å². The Morgan fingerprint density at radius 3 is 2.83 bits per heavy atom. The zero-order valence-electron chi connectivity index (χ0n) is 17.1. The van der Waals surface area contributed by atoms with Crippen LogP contribution in [-0.4, -0.2) is 43.2 Å². The van der Waals surface area contributed by atoms with Crippen LogP contribution in [0.3, 0.4) is 0 Å². The van der Waals surface area contributed by atoms with Crippen molar-refractivity contribution >= 4 is 11.9 Å². The van der Waals surface area contributed by atoms with E-state index in [1.165, 1.54) is 54.7 Å². The van der Waals surface area contributed by atoms with Crippen LogP contribution in [0.25, 0.3) is 17.2 Å². The van der Waals surface area contributed by atoms with Crippen LogP contribution < -0.4 is 10.1 Å². The van der Waals surface area contributed by atoms with E-state index in [4.69, 9.17) is 4.74 Å². The van der Waals surface area contributed by atoms with Gasteiger partial charge in [0.2, 0.25) is 0 Å².